The number of halogens is 3. The summed E-state index contributed by atoms with van der Waals surface area (Å²) >= 11 is 5.71. The Balaban J connectivity index is 0.000000247. The van der Waals surface area contributed by atoms with Crippen molar-refractivity contribution in [1.29, 1.82) is 0 Å². The van der Waals surface area contributed by atoms with Gasteiger partial charge in [-0.1, -0.05) is 125 Å². The molecule has 0 fully saturated rings. The van der Waals surface area contributed by atoms with Crippen LogP contribution in [0.3, 0.4) is 0 Å². The van der Waals surface area contributed by atoms with E-state index >= 15 is 0 Å². The third-order valence-corrected chi connectivity index (χ3v) is 26.1. The SMILES string of the molecule is CCCCCC(=O)Nc1ccc(/C2=c3\cc/c([nH]3)=C(\c3ccc(S(=O)(=O)[O-])cc3)C3=N/C(=C(/c4ccc(S(=O)(=O)[O-])cc4)c4ccc([nH]4)C(c4ccc(S(=O)(=O)[O-])cc4)C4C=CC2=N4)C=C3)cc1.CCCCCC(=S)Nc1ccc(/C2=c3\cc/c([nH]3)=C(\c3cc[n+](C)cc3)C3=N/C(=C(/c4cc[n+](C)cc4)c4ccc([nH]4)C(c4cc[n+](C)cc4)C4C=CC2=N4)C=C3)cc1.[I-].[I-].[I-].[NH4+].[NH4+].[NH4+]. The van der Waals surface area contributed by atoms with Crippen LogP contribution in [-0.4, -0.2) is 105 Å². The fourth-order valence-corrected chi connectivity index (χ4v) is 18.5. The molecule has 0 spiro atoms. The van der Waals surface area contributed by atoms with Gasteiger partial charge in [0.1, 0.15) is 51.5 Å². The molecule has 12 aromatic rings. The van der Waals surface area contributed by atoms with Crippen LogP contribution in [0.15, 0.2) is 338 Å². The smallest absolute Gasteiger partial charge is 0.224 e. The van der Waals surface area contributed by atoms with Crippen molar-refractivity contribution >= 4 is 121 Å². The summed E-state index contributed by atoms with van der Waals surface area (Å²) in [7, 11) is -8.18. The molecule has 6 aliphatic heterocycles. The molecule has 686 valence electrons. The number of aryl methyl sites for hydroxylation is 3. The first kappa shape index (κ1) is 102. The molecule has 33 heteroatoms. The number of nitrogens with one attached hydrogen (secondary N) is 6. The topological polar surface area (TPSA) is 446 Å². The molecule has 0 radical (unpaired) electrons. The summed E-state index contributed by atoms with van der Waals surface area (Å²) in [4.78, 5) is 48.7. The molecule has 26 nitrogen and oxygen atoms in total. The van der Waals surface area contributed by atoms with Crippen LogP contribution in [-0.2, 0) is 56.3 Å². The number of unbranched alkanes of at least 4 members (excludes halogenated alkanes) is 4. The zero-order valence-corrected chi connectivity index (χ0v) is 83.9. The Morgan fingerprint density at radius 3 is 1.08 bits per heavy atom. The van der Waals surface area contributed by atoms with Crippen molar-refractivity contribution in [3.63, 3.8) is 0 Å². The monoisotopic (exact) mass is 2190 g/mol. The number of anilines is 2. The van der Waals surface area contributed by atoms with Gasteiger partial charge in [0.2, 0.25) is 5.91 Å². The van der Waals surface area contributed by atoms with Gasteiger partial charge in [-0.2, -0.15) is 0 Å². The lowest BCUT2D eigenvalue weighted by molar-refractivity contribution is -0.671. The Bertz CT molecular complexity index is 7370. The predicted molar refractivity (Wildman–Crippen MR) is 511 cm³/mol. The molecule has 7 aromatic heterocycles. The van der Waals surface area contributed by atoms with Crippen molar-refractivity contribution in [3.8, 4) is 0 Å². The minimum Gasteiger partial charge on any atom is -1.00 e. The van der Waals surface area contributed by atoms with E-state index in [0.29, 0.717) is 84.7 Å². The van der Waals surface area contributed by atoms with Crippen LogP contribution in [0.2, 0.25) is 0 Å². The van der Waals surface area contributed by atoms with Crippen LogP contribution in [0.4, 0.5) is 11.4 Å². The number of aromatic nitrogens is 7. The zero-order valence-electron chi connectivity index (χ0n) is 74.2. The number of allylic oxidation sites excluding steroid dienone is 6. The van der Waals surface area contributed by atoms with Gasteiger partial charge in [0.05, 0.1) is 77.8 Å². The van der Waals surface area contributed by atoms with Gasteiger partial charge in [-0.15, -0.1) is 0 Å². The average molecular weight is 2200 g/mol. The molecule has 0 aliphatic carbocycles. The van der Waals surface area contributed by atoms with Crippen molar-refractivity contribution in [2.45, 2.75) is 104 Å². The number of nitrogens with zero attached hydrogens (tertiary/aromatic N) is 7. The Morgan fingerprint density at radius 1 is 0.368 bits per heavy atom. The second-order valence-corrected chi connectivity index (χ2v) is 36.7. The third-order valence-electron chi connectivity index (χ3n) is 23.3. The summed E-state index contributed by atoms with van der Waals surface area (Å²) in [5.74, 6) is -0.740. The molecular weight excluding hydrogens is 2090 g/mol. The zero-order chi connectivity index (χ0) is 88.4. The highest BCUT2D eigenvalue weighted by molar-refractivity contribution is 7.86. The van der Waals surface area contributed by atoms with Gasteiger partial charge < -0.3 is 135 Å². The minimum absolute atomic E-state index is 0. The fourth-order valence-electron chi connectivity index (χ4n) is 16.9. The molecule has 4 unspecified atom stereocenters. The molecule has 5 aromatic carbocycles. The number of pyridine rings is 3. The van der Waals surface area contributed by atoms with E-state index in [1.165, 1.54) is 79.1 Å². The number of hydrogen-bond acceptors (Lipinski definition) is 15. The van der Waals surface area contributed by atoms with Crippen molar-refractivity contribution in [1.82, 2.24) is 38.4 Å². The van der Waals surface area contributed by atoms with E-state index in [1.54, 1.807) is 24.3 Å². The number of fused-ring (bicyclic) bond motifs is 12. The van der Waals surface area contributed by atoms with Crippen LogP contribution in [0, 0.1) is 0 Å². The lowest BCUT2D eigenvalue weighted by atomic mass is 9.89. The van der Waals surface area contributed by atoms with Crippen molar-refractivity contribution in [2.24, 2.45) is 41.1 Å². The molecular formula is C100H101I3N16O10S4. The number of aromatic amines is 4. The summed E-state index contributed by atoms with van der Waals surface area (Å²) in [5, 5.41) is 9.58. The molecule has 1 amide bonds. The van der Waals surface area contributed by atoms with Crippen molar-refractivity contribution in [3.05, 3.63) is 392 Å². The van der Waals surface area contributed by atoms with Crippen molar-refractivity contribution < 1.29 is 129 Å². The van der Waals surface area contributed by atoms with E-state index in [2.05, 4.69) is 212 Å². The van der Waals surface area contributed by atoms with E-state index in [0.717, 1.165) is 121 Å². The number of rotatable bonds is 21. The first-order valence-electron chi connectivity index (χ1n) is 41.9. The van der Waals surface area contributed by atoms with E-state index in [-0.39, 0.29) is 108 Å². The lowest BCUT2D eigenvalue weighted by Gasteiger charge is -2.21. The van der Waals surface area contributed by atoms with E-state index in [4.69, 9.17) is 32.2 Å². The number of H-pyrrole nitrogens is 4. The summed E-state index contributed by atoms with van der Waals surface area (Å²) in [6, 6.07) is 61.0. The molecule has 6 aliphatic rings. The van der Waals surface area contributed by atoms with Gasteiger partial charge in [-0.3, -0.25) is 14.8 Å². The molecule has 4 atom stereocenters. The quantitative estimate of drug-likeness (QED) is 0.0156. The van der Waals surface area contributed by atoms with Gasteiger partial charge in [0.15, 0.2) is 37.2 Å². The Hall–Kier alpha value is -11.6. The number of amides is 1. The van der Waals surface area contributed by atoms with Crippen LogP contribution in [0.25, 0.3) is 33.4 Å². The van der Waals surface area contributed by atoms with Crippen LogP contribution in [0.1, 0.15) is 144 Å². The number of aliphatic imine (C=N–C) groups is 4. The summed E-state index contributed by atoms with van der Waals surface area (Å²) in [5.41, 5.74) is 20.6. The molecule has 0 saturated heterocycles. The number of hydrogen-bond donors (Lipinski definition) is 9. The minimum atomic E-state index is -4.78. The molecule has 0 saturated carbocycles. The van der Waals surface area contributed by atoms with Crippen LogP contribution >= 0.6 is 12.2 Å². The average Bonchev–Trinajstić information content (AvgIpc) is 1.61. The summed E-state index contributed by atoms with van der Waals surface area (Å²) in [6.07, 6.45) is 36.1. The lowest BCUT2D eigenvalue weighted by Crippen LogP contribution is -3.00. The number of carbonyl (C=O) groups excluding carboxylic acids is 1. The van der Waals surface area contributed by atoms with Gasteiger partial charge >= 0.3 is 0 Å². The second kappa shape index (κ2) is 43.6. The highest BCUT2D eigenvalue weighted by Gasteiger charge is 2.34. The van der Waals surface area contributed by atoms with Gasteiger partial charge in [-0.25, -0.2) is 48.9 Å². The normalized spacial score (nSPS) is 19.0. The van der Waals surface area contributed by atoms with E-state index in [9.17, 15) is 43.7 Å². The van der Waals surface area contributed by atoms with Crippen molar-refractivity contribution in [2.75, 3.05) is 10.6 Å². The fraction of sp³-hybridized carbons (Fsp3) is 0.170. The molecule has 18 rings (SSSR count). The Labute approximate surface area is 828 Å². The maximum absolute atomic E-state index is 12.7. The predicted octanol–water partition coefficient (Wildman–Crippen LogP) is 4.64. The highest BCUT2D eigenvalue weighted by Crippen LogP contribution is 2.41. The highest BCUT2D eigenvalue weighted by atomic mass is 127. The van der Waals surface area contributed by atoms with Crippen LogP contribution in [0.5, 0.6) is 0 Å². The number of quaternary nitrogens is 3. The Kier molecular flexibility index (Phi) is 33.4. The number of thiocarbonyl (C=S) groups is 1. The molecule has 18 N–H and O–H groups in total. The van der Waals surface area contributed by atoms with E-state index < -0.39 is 57.0 Å². The molecule has 16 bridgehead atoms. The van der Waals surface area contributed by atoms with Crippen LogP contribution < -0.4 is 136 Å². The second-order valence-electron chi connectivity index (χ2n) is 32.0. The third kappa shape index (κ3) is 22.8. The Morgan fingerprint density at radius 2 is 0.692 bits per heavy atom. The van der Waals surface area contributed by atoms with E-state index in [1.807, 2.05) is 74.8 Å². The first-order valence-corrected chi connectivity index (χ1v) is 46.6. The molecule has 13 heterocycles. The first-order chi connectivity index (χ1) is 61.2. The number of carbonyl (C=O) groups is 1. The maximum atomic E-state index is 12.7. The van der Waals surface area contributed by atoms with Gasteiger partial charge in [0, 0.05) is 132 Å². The van der Waals surface area contributed by atoms with Gasteiger partial charge in [0.25, 0.3) is 0 Å². The summed E-state index contributed by atoms with van der Waals surface area (Å²) in [6.45, 7) is 4.29. The standard InChI is InChI=1S/C50H47N8S.C50H43N5O10S3.3HI.3H3N/c1-5-6-7-8-46(59)51-37-11-9-33(10-12-37)47-38-13-15-40(52-38)48(34-21-27-56(2)28-22-34)42-17-19-44(54-42)50(36-25-31-58(4)32-26-36)45-20-18-43(55-45)49(41-16-14-39(47)53-41)35-23-29-57(3)30-24-35;1-2-3-4-5-46(56)51-34-14-6-30(7-15-34)47-38-22-24-40(52-38)48(31-8-16-35(17-9-31)66(57,58)59)42-26-28-44(54-42)50(33-12-20-37(21-13-33)68(63,64)65)45-29-27-43(55-45)49(41-25-23-39(47)53-41)32-10-18-36(19-11-32)67(60,61)62;;;;;;/h9-32,40,48H,5-8H2,1-4H3,(H-,51,53,54,55,59);6-29,40,48,53-54H,2-5H2,1H3,(H,51,56)(H,57,58,59)(H,60,61,62)(H,63,64,65);3*1H;3*1H3/q+1;;;;;;;/p-1/b;47-39-,49-41-,50-45-;;;;;;. The number of benzene rings is 5. The largest absolute Gasteiger partial charge is 1.00 e. The molecule has 133 heavy (non-hydrogen) atoms. The summed E-state index contributed by atoms with van der Waals surface area (Å²) < 4.78 is 114. The van der Waals surface area contributed by atoms with Gasteiger partial charge in [-0.05, 0) is 209 Å². The maximum Gasteiger partial charge on any atom is 0.224 e.